The maximum atomic E-state index is 12.3. The van der Waals surface area contributed by atoms with Gasteiger partial charge in [-0.3, -0.25) is 4.79 Å². The maximum absolute atomic E-state index is 12.3. The second-order valence-corrected chi connectivity index (χ2v) is 4.92. The van der Waals surface area contributed by atoms with Crippen LogP contribution in [0.15, 0.2) is 54.6 Å². The number of nitrogens with one attached hydrogen (secondary N) is 1. The molecule has 2 aromatic carbocycles. The number of carbonyl (C=O) groups is 1. The molecule has 0 bridgehead atoms. The number of methoxy groups -OCH3 is 1. The van der Waals surface area contributed by atoms with E-state index in [-0.39, 0.29) is 10.9 Å². The van der Waals surface area contributed by atoms with E-state index >= 15 is 0 Å². The molecular formula is C16H16N2O2S. The smallest absolute Gasteiger partial charge is 0.252 e. The summed E-state index contributed by atoms with van der Waals surface area (Å²) in [4.78, 5) is 12.5. The Hall–Kier alpha value is -2.40. The van der Waals surface area contributed by atoms with Crippen molar-refractivity contribution in [3.05, 3.63) is 65.7 Å². The first kappa shape index (κ1) is 15.0. The third kappa shape index (κ3) is 3.79. The molecule has 1 unspecified atom stereocenters. The minimum Gasteiger partial charge on any atom is -0.497 e. The van der Waals surface area contributed by atoms with Gasteiger partial charge < -0.3 is 15.8 Å². The van der Waals surface area contributed by atoms with Crippen LogP contribution in [-0.4, -0.2) is 18.0 Å². The van der Waals surface area contributed by atoms with Gasteiger partial charge in [-0.15, -0.1) is 0 Å². The van der Waals surface area contributed by atoms with Crippen LogP contribution in [0.3, 0.4) is 0 Å². The monoisotopic (exact) mass is 300 g/mol. The number of rotatable bonds is 5. The predicted octanol–water partition coefficient (Wildman–Crippen LogP) is 2.45. The number of carbonyl (C=O) groups excluding carboxylic acids is 1. The Labute approximate surface area is 128 Å². The predicted molar refractivity (Wildman–Crippen MR) is 86.4 cm³/mol. The summed E-state index contributed by atoms with van der Waals surface area (Å²) in [7, 11) is 1.58. The van der Waals surface area contributed by atoms with Gasteiger partial charge in [0.25, 0.3) is 5.91 Å². The molecular weight excluding hydrogens is 284 g/mol. The molecule has 1 amide bonds. The number of hydrogen-bond acceptors (Lipinski definition) is 3. The van der Waals surface area contributed by atoms with Crippen molar-refractivity contribution in [3.63, 3.8) is 0 Å². The van der Waals surface area contributed by atoms with Crippen molar-refractivity contribution >= 4 is 23.1 Å². The SMILES string of the molecule is COc1ccc(C(=O)NC(C(N)=S)c2ccccc2)cc1. The van der Waals surface area contributed by atoms with Crippen LogP contribution in [0, 0.1) is 0 Å². The lowest BCUT2D eigenvalue weighted by Crippen LogP contribution is -2.36. The van der Waals surface area contributed by atoms with Gasteiger partial charge in [-0.1, -0.05) is 42.5 Å². The molecule has 0 heterocycles. The Balaban J connectivity index is 2.16. The Morgan fingerprint density at radius 3 is 2.29 bits per heavy atom. The van der Waals surface area contributed by atoms with Gasteiger partial charge in [-0.2, -0.15) is 0 Å². The van der Waals surface area contributed by atoms with Crippen LogP contribution in [0.1, 0.15) is 22.0 Å². The van der Waals surface area contributed by atoms with E-state index in [4.69, 9.17) is 22.7 Å². The van der Waals surface area contributed by atoms with E-state index in [9.17, 15) is 4.79 Å². The third-order valence-corrected chi connectivity index (χ3v) is 3.28. The van der Waals surface area contributed by atoms with Crippen LogP contribution in [0.2, 0.25) is 0 Å². The summed E-state index contributed by atoms with van der Waals surface area (Å²) >= 11 is 5.05. The Bertz CT molecular complexity index is 626. The van der Waals surface area contributed by atoms with Gasteiger partial charge in [0.05, 0.1) is 7.11 Å². The fraction of sp³-hybridized carbons (Fsp3) is 0.125. The zero-order chi connectivity index (χ0) is 15.2. The number of thiocarbonyl (C=S) groups is 1. The molecule has 0 aromatic heterocycles. The van der Waals surface area contributed by atoms with E-state index in [2.05, 4.69) is 5.32 Å². The van der Waals surface area contributed by atoms with Gasteiger partial charge in [-0.25, -0.2) is 0 Å². The Morgan fingerprint density at radius 2 is 1.76 bits per heavy atom. The fourth-order valence-electron chi connectivity index (χ4n) is 1.92. The summed E-state index contributed by atoms with van der Waals surface area (Å²) in [5, 5.41) is 2.84. The van der Waals surface area contributed by atoms with Crippen LogP contribution in [0.25, 0.3) is 0 Å². The number of nitrogens with two attached hydrogens (primary N) is 1. The zero-order valence-electron chi connectivity index (χ0n) is 11.6. The quantitative estimate of drug-likeness (QED) is 0.833. The van der Waals surface area contributed by atoms with Crippen molar-refractivity contribution in [3.8, 4) is 5.75 Å². The first-order valence-electron chi connectivity index (χ1n) is 6.41. The molecule has 2 aromatic rings. The molecule has 0 aliphatic carbocycles. The second-order valence-electron chi connectivity index (χ2n) is 4.45. The molecule has 3 N–H and O–H groups in total. The lowest BCUT2D eigenvalue weighted by atomic mass is 10.1. The first-order valence-corrected chi connectivity index (χ1v) is 6.82. The summed E-state index contributed by atoms with van der Waals surface area (Å²) in [6, 6.07) is 15.7. The molecule has 0 saturated heterocycles. The Morgan fingerprint density at radius 1 is 1.14 bits per heavy atom. The van der Waals surface area contributed by atoms with Gasteiger partial charge in [0.2, 0.25) is 0 Å². The zero-order valence-corrected chi connectivity index (χ0v) is 12.4. The Kier molecular flexibility index (Phi) is 4.90. The van der Waals surface area contributed by atoms with Crippen molar-refractivity contribution in [2.75, 3.05) is 7.11 Å². The van der Waals surface area contributed by atoms with Crippen LogP contribution >= 0.6 is 12.2 Å². The molecule has 5 heteroatoms. The standard InChI is InChI=1S/C16H16N2O2S/c1-20-13-9-7-12(8-10-13)16(19)18-14(15(17)21)11-5-3-2-4-6-11/h2-10,14H,1H3,(H2,17,21)(H,18,19). The third-order valence-electron chi connectivity index (χ3n) is 3.05. The van der Waals surface area contributed by atoms with Crippen molar-refractivity contribution < 1.29 is 9.53 Å². The van der Waals surface area contributed by atoms with Gasteiger partial charge >= 0.3 is 0 Å². The average Bonchev–Trinajstić information content (AvgIpc) is 2.53. The van der Waals surface area contributed by atoms with Crippen LogP contribution < -0.4 is 15.8 Å². The van der Waals surface area contributed by atoms with E-state index in [1.807, 2.05) is 30.3 Å². The first-order chi connectivity index (χ1) is 10.1. The minimum atomic E-state index is -0.490. The summed E-state index contributed by atoms with van der Waals surface area (Å²) in [6.45, 7) is 0. The van der Waals surface area contributed by atoms with E-state index < -0.39 is 6.04 Å². The summed E-state index contributed by atoms with van der Waals surface area (Å²) in [6.07, 6.45) is 0. The molecule has 0 saturated carbocycles. The van der Waals surface area contributed by atoms with Crippen molar-refractivity contribution in [2.24, 2.45) is 5.73 Å². The molecule has 0 fully saturated rings. The van der Waals surface area contributed by atoms with Crippen LogP contribution in [0.4, 0.5) is 0 Å². The average molecular weight is 300 g/mol. The van der Waals surface area contributed by atoms with Gasteiger partial charge in [0, 0.05) is 5.56 Å². The van der Waals surface area contributed by atoms with E-state index in [0.717, 1.165) is 5.56 Å². The molecule has 2 rings (SSSR count). The topological polar surface area (TPSA) is 64.3 Å². The number of hydrogen-bond donors (Lipinski definition) is 2. The highest BCUT2D eigenvalue weighted by Gasteiger charge is 2.18. The van der Waals surface area contributed by atoms with Crippen molar-refractivity contribution in [1.29, 1.82) is 0 Å². The van der Waals surface area contributed by atoms with E-state index in [1.54, 1.807) is 31.4 Å². The van der Waals surface area contributed by atoms with Crippen LogP contribution in [0.5, 0.6) is 5.75 Å². The number of amides is 1. The van der Waals surface area contributed by atoms with Crippen molar-refractivity contribution in [2.45, 2.75) is 6.04 Å². The van der Waals surface area contributed by atoms with Gasteiger partial charge in [0.15, 0.2) is 0 Å². The highest BCUT2D eigenvalue weighted by Crippen LogP contribution is 2.15. The fourth-order valence-corrected chi connectivity index (χ4v) is 2.12. The second kappa shape index (κ2) is 6.85. The highest BCUT2D eigenvalue weighted by atomic mass is 32.1. The lowest BCUT2D eigenvalue weighted by Gasteiger charge is -2.18. The van der Waals surface area contributed by atoms with Crippen LogP contribution in [-0.2, 0) is 0 Å². The number of benzene rings is 2. The van der Waals surface area contributed by atoms with E-state index in [0.29, 0.717) is 11.3 Å². The van der Waals surface area contributed by atoms with E-state index in [1.165, 1.54) is 0 Å². The molecule has 1 atom stereocenters. The summed E-state index contributed by atoms with van der Waals surface area (Å²) in [5.74, 6) is 0.458. The maximum Gasteiger partial charge on any atom is 0.252 e. The lowest BCUT2D eigenvalue weighted by molar-refractivity contribution is 0.0947. The number of ether oxygens (including phenoxy) is 1. The molecule has 0 spiro atoms. The summed E-state index contributed by atoms with van der Waals surface area (Å²) < 4.78 is 5.07. The molecule has 0 aliphatic heterocycles. The normalized spacial score (nSPS) is 11.5. The largest absolute Gasteiger partial charge is 0.497 e. The van der Waals surface area contributed by atoms with Gasteiger partial charge in [-0.05, 0) is 29.8 Å². The molecule has 0 radical (unpaired) electrons. The molecule has 108 valence electrons. The van der Waals surface area contributed by atoms with Gasteiger partial charge in [0.1, 0.15) is 16.8 Å². The summed E-state index contributed by atoms with van der Waals surface area (Å²) in [5.41, 5.74) is 7.11. The highest BCUT2D eigenvalue weighted by molar-refractivity contribution is 7.80. The molecule has 4 nitrogen and oxygen atoms in total. The van der Waals surface area contributed by atoms with Crippen molar-refractivity contribution in [1.82, 2.24) is 5.32 Å². The molecule has 21 heavy (non-hydrogen) atoms. The minimum absolute atomic E-state index is 0.225. The molecule has 0 aliphatic rings.